The van der Waals surface area contributed by atoms with Crippen molar-refractivity contribution < 1.29 is 4.74 Å². The Kier molecular flexibility index (Phi) is 5.65. The van der Waals surface area contributed by atoms with Crippen molar-refractivity contribution in [2.75, 3.05) is 0 Å². The van der Waals surface area contributed by atoms with E-state index in [1.165, 1.54) is 15.4 Å². The van der Waals surface area contributed by atoms with Gasteiger partial charge in [-0.2, -0.15) is 0 Å². The Morgan fingerprint density at radius 1 is 0.731 bits per heavy atom. The molecular formula is C24H22OS. The van der Waals surface area contributed by atoms with E-state index in [-0.39, 0.29) is 0 Å². The van der Waals surface area contributed by atoms with Gasteiger partial charge in [0.05, 0.1) is 0 Å². The molecule has 3 rings (SSSR count). The van der Waals surface area contributed by atoms with E-state index in [1.54, 1.807) is 11.8 Å². The zero-order valence-electron chi connectivity index (χ0n) is 15.2. The van der Waals surface area contributed by atoms with Crippen molar-refractivity contribution in [2.24, 2.45) is 0 Å². The first kappa shape index (κ1) is 18.1. The van der Waals surface area contributed by atoms with E-state index in [4.69, 9.17) is 4.74 Å². The van der Waals surface area contributed by atoms with Crippen molar-refractivity contribution >= 4 is 23.9 Å². The van der Waals surface area contributed by atoms with Gasteiger partial charge in [-0.15, -0.1) is 0 Å². The maximum atomic E-state index is 6.09. The van der Waals surface area contributed by atoms with Gasteiger partial charge in [-0.1, -0.05) is 60.8 Å². The van der Waals surface area contributed by atoms with Gasteiger partial charge in [0, 0.05) is 15.4 Å². The fourth-order valence-corrected chi connectivity index (χ4v) is 3.56. The normalized spacial score (nSPS) is 10.4. The van der Waals surface area contributed by atoms with Crippen LogP contribution in [0, 0.1) is 13.8 Å². The molecule has 0 aliphatic carbocycles. The van der Waals surface area contributed by atoms with E-state index in [1.807, 2.05) is 36.4 Å². The molecular weight excluding hydrogens is 336 g/mol. The summed E-state index contributed by atoms with van der Waals surface area (Å²) < 4.78 is 6.09. The summed E-state index contributed by atoms with van der Waals surface area (Å²) in [5.74, 6) is 1.60. The molecule has 0 aromatic heterocycles. The lowest BCUT2D eigenvalue weighted by atomic mass is 10.0. The highest BCUT2D eigenvalue weighted by Gasteiger charge is 2.09. The second-order valence-electron chi connectivity index (χ2n) is 6.10. The average molecular weight is 359 g/mol. The summed E-state index contributed by atoms with van der Waals surface area (Å²) in [5, 5.41) is 0. The highest BCUT2D eigenvalue weighted by Crippen LogP contribution is 2.33. The lowest BCUT2D eigenvalue weighted by Gasteiger charge is -2.13. The molecule has 0 atom stereocenters. The smallest absolute Gasteiger partial charge is 0.135 e. The molecule has 0 unspecified atom stereocenters. The molecule has 0 saturated heterocycles. The van der Waals surface area contributed by atoms with Crippen molar-refractivity contribution in [2.45, 2.75) is 23.6 Å². The van der Waals surface area contributed by atoms with Gasteiger partial charge in [0.15, 0.2) is 0 Å². The summed E-state index contributed by atoms with van der Waals surface area (Å²) in [7, 11) is 0. The molecule has 0 amide bonds. The standard InChI is InChI=1S/C24H22OS/c1-5-22-18(4)9-16-24(23(22)6-2)25-19-10-14-21(15-11-19)26-20-12-7-17(3)8-13-20/h5-16H,1-2H2,3-4H3. The molecule has 0 bridgehead atoms. The van der Waals surface area contributed by atoms with Crippen LogP contribution in [-0.2, 0) is 0 Å². The topological polar surface area (TPSA) is 9.23 Å². The Morgan fingerprint density at radius 3 is 1.88 bits per heavy atom. The second kappa shape index (κ2) is 8.11. The van der Waals surface area contributed by atoms with Crippen LogP contribution in [0.5, 0.6) is 11.5 Å². The van der Waals surface area contributed by atoms with Crippen LogP contribution in [0.15, 0.2) is 83.6 Å². The summed E-state index contributed by atoms with van der Waals surface area (Å²) in [5.41, 5.74) is 4.46. The van der Waals surface area contributed by atoms with Crippen LogP contribution in [-0.4, -0.2) is 0 Å². The minimum absolute atomic E-state index is 0.791. The molecule has 0 aliphatic heterocycles. The Bertz CT molecular complexity index is 922. The van der Waals surface area contributed by atoms with E-state index in [9.17, 15) is 0 Å². The van der Waals surface area contributed by atoms with Gasteiger partial charge in [-0.05, 0) is 67.4 Å². The highest BCUT2D eigenvalue weighted by molar-refractivity contribution is 7.99. The Labute approximate surface area is 160 Å². The lowest BCUT2D eigenvalue weighted by molar-refractivity contribution is 0.481. The molecule has 0 spiro atoms. The third-order valence-electron chi connectivity index (χ3n) is 4.18. The first-order valence-corrected chi connectivity index (χ1v) is 9.33. The monoisotopic (exact) mass is 358 g/mol. The molecule has 0 N–H and O–H groups in total. The van der Waals surface area contributed by atoms with E-state index in [2.05, 4.69) is 63.4 Å². The lowest BCUT2D eigenvalue weighted by Crippen LogP contribution is -1.92. The van der Waals surface area contributed by atoms with Gasteiger partial charge in [0.25, 0.3) is 0 Å². The predicted molar refractivity (Wildman–Crippen MR) is 113 cm³/mol. The number of benzene rings is 3. The fraction of sp³-hybridized carbons (Fsp3) is 0.0833. The van der Waals surface area contributed by atoms with Crippen molar-refractivity contribution in [3.05, 3.63) is 96.1 Å². The van der Waals surface area contributed by atoms with Gasteiger partial charge in [0.2, 0.25) is 0 Å². The minimum Gasteiger partial charge on any atom is -0.457 e. The van der Waals surface area contributed by atoms with Crippen LogP contribution in [0.1, 0.15) is 22.3 Å². The molecule has 1 nitrogen and oxygen atoms in total. The quantitative estimate of drug-likeness (QED) is 0.450. The van der Waals surface area contributed by atoms with Crippen molar-refractivity contribution in [3.63, 3.8) is 0 Å². The molecule has 2 heteroatoms. The highest BCUT2D eigenvalue weighted by atomic mass is 32.2. The number of hydrogen-bond donors (Lipinski definition) is 0. The summed E-state index contributed by atoms with van der Waals surface area (Å²) in [4.78, 5) is 2.41. The third-order valence-corrected chi connectivity index (χ3v) is 5.20. The van der Waals surface area contributed by atoms with Gasteiger partial charge in [-0.3, -0.25) is 0 Å². The molecule has 3 aromatic carbocycles. The summed E-state index contributed by atoms with van der Waals surface area (Å²) in [6.07, 6.45) is 3.67. The Hall–Kier alpha value is -2.71. The molecule has 0 radical (unpaired) electrons. The Morgan fingerprint density at radius 2 is 1.31 bits per heavy atom. The van der Waals surface area contributed by atoms with Gasteiger partial charge >= 0.3 is 0 Å². The number of rotatable bonds is 6. The van der Waals surface area contributed by atoms with Crippen LogP contribution < -0.4 is 4.74 Å². The van der Waals surface area contributed by atoms with Crippen molar-refractivity contribution in [3.8, 4) is 11.5 Å². The number of hydrogen-bond acceptors (Lipinski definition) is 2. The van der Waals surface area contributed by atoms with Crippen LogP contribution in [0.2, 0.25) is 0 Å². The zero-order valence-corrected chi connectivity index (χ0v) is 16.0. The van der Waals surface area contributed by atoms with Crippen LogP contribution >= 0.6 is 11.8 Å². The number of aryl methyl sites for hydroxylation is 2. The van der Waals surface area contributed by atoms with Crippen molar-refractivity contribution in [1.82, 2.24) is 0 Å². The average Bonchev–Trinajstić information content (AvgIpc) is 2.66. The van der Waals surface area contributed by atoms with Crippen molar-refractivity contribution in [1.29, 1.82) is 0 Å². The minimum atomic E-state index is 0.791. The van der Waals surface area contributed by atoms with Crippen LogP contribution in [0.4, 0.5) is 0 Å². The molecule has 3 aromatic rings. The molecule has 0 saturated carbocycles. The first-order chi connectivity index (χ1) is 12.6. The maximum absolute atomic E-state index is 6.09. The first-order valence-electron chi connectivity index (χ1n) is 8.51. The summed E-state index contributed by atoms with van der Waals surface area (Å²) in [6, 6.07) is 20.7. The second-order valence-corrected chi connectivity index (χ2v) is 7.25. The molecule has 0 heterocycles. The van der Waals surface area contributed by atoms with Gasteiger partial charge in [0.1, 0.15) is 11.5 Å². The van der Waals surface area contributed by atoms with Crippen LogP contribution in [0.25, 0.3) is 12.2 Å². The zero-order chi connectivity index (χ0) is 18.5. The fourth-order valence-electron chi connectivity index (χ4n) is 2.74. The van der Waals surface area contributed by atoms with Gasteiger partial charge in [-0.25, -0.2) is 0 Å². The Balaban J connectivity index is 1.78. The van der Waals surface area contributed by atoms with Crippen LogP contribution in [0.3, 0.4) is 0 Å². The SMILES string of the molecule is C=Cc1c(C)ccc(Oc2ccc(Sc3ccc(C)cc3)cc2)c1C=C. The van der Waals surface area contributed by atoms with Gasteiger partial charge < -0.3 is 4.74 Å². The predicted octanol–water partition coefficient (Wildman–Crippen LogP) is 7.53. The maximum Gasteiger partial charge on any atom is 0.135 e. The van der Waals surface area contributed by atoms with E-state index < -0.39 is 0 Å². The summed E-state index contributed by atoms with van der Waals surface area (Å²) in [6.45, 7) is 12.0. The van der Waals surface area contributed by atoms with E-state index in [0.29, 0.717) is 0 Å². The molecule has 130 valence electrons. The molecule has 0 fully saturated rings. The van der Waals surface area contributed by atoms with E-state index >= 15 is 0 Å². The largest absolute Gasteiger partial charge is 0.457 e. The molecule has 26 heavy (non-hydrogen) atoms. The molecule has 0 aliphatic rings. The summed E-state index contributed by atoms with van der Waals surface area (Å²) >= 11 is 1.74. The third kappa shape index (κ3) is 4.09. The van der Waals surface area contributed by atoms with E-state index in [0.717, 1.165) is 28.2 Å². The number of ether oxygens (including phenoxy) is 1.